The van der Waals surface area contributed by atoms with E-state index in [0.29, 0.717) is 12.1 Å². The normalized spacial score (nSPS) is 21.2. The van der Waals surface area contributed by atoms with Crippen LogP contribution in [0, 0.1) is 5.92 Å². The number of carbonyl (C=O) groups excluding carboxylic acids is 1. The number of carbonyl (C=O) groups is 2. The van der Waals surface area contributed by atoms with Crippen molar-refractivity contribution in [1.82, 2.24) is 5.01 Å². The fraction of sp³-hybridized carbons (Fsp3) is 0.727. The number of amides is 1. The molecule has 0 radical (unpaired) electrons. The Morgan fingerprint density at radius 1 is 1.50 bits per heavy atom. The molecule has 1 N–H and O–H groups in total. The summed E-state index contributed by atoms with van der Waals surface area (Å²) in [7, 11) is 0. The van der Waals surface area contributed by atoms with Gasteiger partial charge in [-0.2, -0.15) is 5.10 Å². The van der Waals surface area contributed by atoms with E-state index < -0.39 is 5.97 Å². The smallest absolute Gasteiger partial charge is 0.303 e. The summed E-state index contributed by atoms with van der Waals surface area (Å²) < 4.78 is 0. The molecule has 1 unspecified atom stereocenters. The first-order valence-corrected chi connectivity index (χ1v) is 5.34. The first kappa shape index (κ1) is 12.7. The maximum absolute atomic E-state index is 12.0. The van der Waals surface area contributed by atoms with Gasteiger partial charge in [0.05, 0.1) is 11.5 Å². The fourth-order valence-corrected chi connectivity index (χ4v) is 1.68. The molecule has 1 amide bonds. The number of carboxylic acids is 1. The number of hydrogen-bond donors (Lipinski definition) is 1. The van der Waals surface area contributed by atoms with Crippen molar-refractivity contribution in [3.8, 4) is 0 Å². The Bertz CT molecular complexity index is 342. The Morgan fingerprint density at radius 2 is 2.06 bits per heavy atom. The summed E-state index contributed by atoms with van der Waals surface area (Å²) in [5, 5.41) is 14.3. The molecule has 0 aliphatic carbocycles. The topological polar surface area (TPSA) is 70.0 Å². The molecule has 0 aromatic carbocycles. The lowest BCUT2D eigenvalue weighted by molar-refractivity contribution is -0.138. The SMILES string of the molecule is CC1=NN(C(C)(C)C)C(=O)C1CCC(=O)O. The minimum absolute atomic E-state index is 0.00124. The molecule has 5 nitrogen and oxygen atoms in total. The van der Waals surface area contributed by atoms with E-state index in [4.69, 9.17) is 5.11 Å². The van der Waals surface area contributed by atoms with Gasteiger partial charge in [-0.05, 0) is 34.1 Å². The van der Waals surface area contributed by atoms with Crippen LogP contribution in [0.1, 0.15) is 40.5 Å². The van der Waals surface area contributed by atoms with E-state index in [0.717, 1.165) is 0 Å². The first-order chi connectivity index (χ1) is 7.23. The second kappa shape index (κ2) is 4.23. The third-order valence-electron chi connectivity index (χ3n) is 2.55. The zero-order valence-corrected chi connectivity index (χ0v) is 10.1. The molecule has 0 saturated heterocycles. The number of carboxylic acid groups (broad SMARTS) is 1. The third-order valence-corrected chi connectivity index (χ3v) is 2.55. The molecule has 0 saturated carbocycles. The highest BCUT2D eigenvalue weighted by Gasteiger charge is 2.38. The van der Waals surface area contributed by atoms with Crippen molar-refractivity contribution in [2.24, 2.45) is 11.0 Å². The summed E-state index contributed by atoms with van der Waals surface area (Å²) in [5.41, 5.74) is 0.359. The van der Waals surface area contributed by atoms with Gasteiger partial charge in [0.25, 0.3) is 5.91 Å². The summed E-state index contributed by atoms with van der Waals surface area (Å²) in [6, 6.07) is 0. The van der Waals surface area contributed by atoms with Crippen LogP contribution in [0.2, 0.25) is 0 Å². The Hall–Kier alpha value is -1.39. The van der Waals surface area contributed by atoms with E-state index in [1.54, 1.807) is 6.92 Å². The lowest BCUT2D eigenvalue weighted by Crippen LogP contribution is -2.41. The molecule has 0 spiro atoms. The van der Waals surface area contributed by atoms with Crippen molar-refractivity contribution in [3.63, 3.8) is 0 Å². The second-order valence-electron chi connectivity index (χ2n) is 5.05. The average molecular weight is 226 g/mol. The van der Waals surface area contributed by atoms with Gasteiger partial charge in [-0.15, -0.1) is 0 Å². The molecule has 5 heteroatoms. The Balaban J connectivity index is 2.75. The summed E-state index contributed by atoms with van der Waals surface area (Å²) in [6.45, 7) is 7.49. The van der Waals surface area contributed by atoms with E-state index in [1.165, 1.54) is 5.01 Å². The highest BCUT2D eigenvalue weighted by Crippen LogP contribution is 2.26. The predicted molar refractivity (Wildman–Crippen MR) is 60.1 cm³/mol. The van der Waals surface area contributed by atoms with Crippen LogP contribution in [0.4, 0.5) is 0 Å². The van der Waals surface area contributed by atoms with Crippen molar-refractivity contribution >= 4 is 17.6 Å². The molecule has 1 aliphatic heterocycles. The molecule has 0 bridgehead atoms. The zero-order valence-electron chi connectivity index (χ0n) is 10.1. The maximum Gasteiger partial charge on any atom is 0.303 e. The van der Waals surface area contributed by atoms with Crippen LogP contribution < -0.4 is 0 Å². The summed E-state index contributed by atoms with van der Waals surface area (Å²) >= 11 is 0. The van der Waals surface area contributed by atoms with E-state index in [2.05, 4.69) is 5.10 Å². The number of nitrogens with zero attached hydrogens (tertiary/aromatic N) is 2. The van der Waals surface area contributed by atoms with Crippen LogP contribution in [0.25, 0.3) is 0 Å². The molecule has 1 aliphatic rings. The number of aliphatic carboxylic acids is 1. The fourth-order valence-electron chi connectivity index (χ4n) is 1.68. The number of hydrogen-bond acceptors (Lipinski definition) is 3. The standard InChI is InChI=1S/C11H18N2O3/c1-7-8(5-6-9(14)15)10(16)13(12-7)11(2,3)4/h8H,5-6H2,1-4H3,(H,14,15). The molecular weight excluding hydrogens is 208 g/mol. The lowest BCUT2D eigenvalue weighted by atomic mass is 9.97. The number of rotatable bonds is 3. The van der Waals surface area contributed by atoms with Gasteiger partial charge < -0.3 is 5.11 Å². The summed E-state index contributed by atoms with van der Waals surface area (Å²) in [4.78, 5) is 22.5. The minimum atomic E-state index is -0.880. The van der Waals surface area contributed by atoms with E-state index in [9.17, 15) is 9.59 Å². The highest BCUT2D eigenvalue weighted by atomic mass is 16.4. The van der Waals surface area contributed by atoms with Gasteiger partial charge in [0, 0.05) is 12.1 Å². The molecule has 0 fully saturated rings. The third kappa shape index (κ3) is 2.59. The Kier molecular flexibility index (Phi) is 3.35. The molecule has 1 atom stereocenters. The van der Waals surface area contributed by atoms with Gasteiger partial charge in [0.15, 0.2) is 0 Å². The molecule has 16 heavy (non-hydrogen) atoms. The van der Waals surface area contributed by atoms with Gasteiger partial charge >= 0.3 is 5.97 Å². The monoisotopic (exact) mass is 226 g/mol. The van der Waals surface area contributed by atoms with Crippen molar-refractivity contribution in [3.05, 3.63) is 0 Å². The van der Waals surface area contributed by atoms with Gasteiger partial charge in [-0.1, -0.05) is 0 Å². The van der Waals surface area contributed by atoms with E-state index in [1.807, 2.05) is 20.8 Å². The molecule has 90 valence electrons. The molecule has 1 rings (SSSR count). The largest absolute Gasteiger partial charge is 0.481 e. The summed E-state index contributed by atoms with van der Waals surface area (Å²) in [5.74, 6) is -1.34. The maximum atomic E-state index is 12.0. The quantitative estimate of drug-likeness (QED) is 0.792. The van der Waals surface area contributed by atoms with Crippen molar-refractivity contribution in [2.75, 3.05) is 0 Å². The predicted octanol–water partition coefficient (Wildman–Crippen LogP) is 1.48. The summed E-state index contributed by atoms with van der Waals surface area (Å²) in [6.07, 6.45) is 0.331. The second-order valence-corrected chi connectivity index (χ2v) is 5.05. The highest BCUT2D eigenvalue weighted by molar-refractivity contribution is 6.07. The molecule has 1 heterocycles. The van der Waals surface area contributed by atoms with Crippen LogP contribution >= 0.6 is 0 Å². The van der Waals surface area contributed by atoms with Crippen molar-refractivity contribution in [2.45, 2.75) is 46.1 Å². The van der Waals surface area contributed by atoms with Crippen LogP contribution in [0.5, 0.6) is 0 Å². The van der Waals surface area contributed by atoms with Gasteiger partial charge in [0.1, 0.15) is 0 Å². The molecular formula is C11H18N2O3. The van der Waals surface area contributed by atoms with E-state index >= 15 is 0 Å². The molecule has 0 aromatic heterocycles. The average Bonchev–Trinajstić information content (AvgIpc) is 2.38. The minimum Gasteiger partial charge on any atom is -0.481 e. The molecule has 0 aromatic rings. The first-order valence-electron chi connectivity index (χ1n) is 5.34. The Morgan fingerprint density at radius 3 is 2.44 bits per heavy atom. The van der Waals surface area contributed by atoms with Crippen LogP contribution in [-0.2, 0) is 9.59 Å². The van der Waals surface area contributed by atoms with Crippen LogP contribution in [-0.4, -0.2) is 33.2 Å². The Labute approximate surface area is 95.1 Å². The van der Waals surface area contributed by atoms with Gasteiger partial charge in [-0.25, -0.2) is 5.01 Å². The van der Waals surface area contributed by atoms with Gasteiger partial charge in [0.2, 0.25) is 0 Å². The number of hydrazone groups is 1. The van der Waals surface area contributed by atoms with Crippen molar-refractivity contribution < 1.29 is 14.7 Å². The van der Waals surface area contributed by atoms with Gasteiger partial charge in [-0.3, -0.25) is 9.59 Å². The lowest BCUT2D eigenvalue weighted by Gasteiger charge is -2.28. The van der Waals surface area contributed by atoms with Crippen molar-refractivity contribution in [1.29, 1.82) is 0 Å². The van der Waals surface area contributed by atoms with Crippen LogP contribution in [0.15, 0.2) is 5.10 Å². The van der Waals surface area contributed by atoms with E-state index in [-0.39, 0.29) is 23.8 Å². The van der Waals surface area contributed by atoms with Crippen LogP contribution in [0.3, 0.4) is 0 Å². The zero-order chi connectivity index (χ0) is 12.5.